The molecular weight excluding hydrogens is 346 g/mol. The smallest absolute Gasteiger partial charge is 0.273 e. The summed E-state index contributed by atoms with van der Waals surface area (Å²) in [6.45, 7) is 6.47. The first-order valence-electron chi connectivity index (χ1n) is 10.2. The van der Waals surface area contributed by atoms with Gasteiger partial charge in [0.25, 0.3) is 0 Å². The van der Waals surface area contributed by atoms with Crippen LogP contribution in [0, 0.1) is 4.77 Å². The quantitative estimate of drug-likeness (QED) is 0.389. The molecule has 0 aliphatic rings. The van der Waals surface area contributed by atoms with Crippen LogP contribution in [0.15, 0.2) is 9.59 Å². The summed E-state index contributed by atoms with van der Waals surface area (Å²) in [5.74, 6) is 0. The lowest BCUT2D eigenvalue weighted by Gasteiger charge is -2.32. The zero-order chi connectivity index (χ0) is 19.7. The molecule has 1 heterocycles. The molecular formula is C20H37N3O2S. The van der Waals surface area contributed by atoms with Gasteiger partial charge in [0.15, 0.2) is 4.77 Å². The Morgan fingerprint density at radius 2 is 1.15 bits per heavy atom. The van der Waals surface area contributed by atoms with Gasteiger partial charge in [-0.15, -0.1) is 0 Å². The van der Waals surface area contributed by atoms with Gasteiger partial charge in [-0.2, -0.15) is 0 Å². The number of nitrogens with zero attached hydrogens (tertiary/aromatic N) is 3. The summed E-state index contributed by atoms with van der Waals surface area (Å²) in [7, 11) is 3.30. The maximum absolute atomic E-state index is 12.9. The Morgan fingerprint density at radius 3 is 1.58 bits per heavy atom. The molecule has 0 aromatic carbocycles. The van der Waals surface area contributed by atoms with Crippen molar-refractivity contribution in [1.29, 1.82) is 0 Å². The average molecular weight is 384 g/mol. The summed E-state index contributed by atoms with van der Waals surface area (Å²) in [6.07, 6.45) is 12.1. The molecule has 0 aliphatic heterocycles. The predicted molar refractivity (Wildman–Crippen MR) is 112 cm³/mol. The second kappa shape index (κ2) is 10.9. The SMILES string of the molecule is CCCCCCCC(C)(CCCCCC)n1c(=O)n(C)c(=S)n(C)c1=O. The van der Waals surface area contributed by atoms with Gasteiger partial charge in [-0.1, -0.05) is 71.6 Å². The molecule has 1 aromatic rings. The van der Waals surface area contributed by atoms with Crippen molar-refractivity contribution in [2.45, 2.75) is 96.9 Å². The number of hydrogen-bond donors (Lipinski definition) is 0. The van der Waals surface area contributed by atoms with Crippen LogP contribution >= 0.6 is 12.2 Å². The van der Waals surface area contributed by atoms with Gasteiger partial charge in [0.05, 0.1) is 5.54 Å². The second-order valence-electron chi connectivity index (χ2n) is 7.77. The minimum Gasteiger partial charge on any atom is -0.273 e. The molecule has 6 heteroatoms. The van der Waals surface area contributed by atoms with E-state index in [2.05, 4.69) is 20.8 Å². The fraction of sp³-hybridized carbons (Fsp3) is 0.850. The van der Waals surface area contributed by atoms with E-state index in [1.54, 1.807) is 14.1 Å². The average Bonchev–Trinajstić information content (AvgIpc) is 2.62. The number of rotatable bonds is 12. The molecule has 0 saturated carbocycles. The molecule has 1 unspecified atom stereocenters. The van der Waals surface area contributed by atoms with Crippen molar-refractivity contribution >= 4 is 12.2 Å². The van der Waals surface area contributed by atoms with Crippen LogP contribution in [-0.4, -0.2) is 13.7 Å². The second-order valence-corrected chi connectivity index (χ2v) is 8.14. The molecule has 1 rings (SSSR count). The van der Waals surface area contributed by atoms with Crippen LogP contribution < -0.4 is 11.4 Å². The molecule has 0 radical (unpaired) electrons. The van der Waals surface area contributed by atoms with Crippen LogP contribution in [0.5, 0.6) is 0 Å². The molecule has 0 bridgehead atoms. The minimum absolute atomic E-state index is 0.271. The third kappa shape index (κ3) is 5.66. The molecule has 5 nitrogen and oxygen atoms in total. The monoisotopic (exact) mass is 383 g/mol. The maximum Gasteiger partial charge on any atom is 0.334 e. The highest BCUT2D eigenvalue weighted by Gasteiger charge is 2.30. The largest absolute Gasteiger partial charge is 0.334 e. The molecule has 1 aromatic heterocycles. The van der Waals surface area contributed by atoms with E-state index >= 15 is 0 Å². The van der Waals surface area contributed by atoms with Crippen molar-refractivity contribution in [1.82, 2.24) is 13.7 Å². The van der Waals surface area contributed by atoms with Gasteiger partial charge in [0, 0.05) is 14.1 Å². The van der Waals surface area contributed by atoms with E-state index in [4.69, 9.17) is 12.2 Å². The fourth-order valence-corrected chi connectivity index (χ4v) is 3.78. The first-order chi connectivity index (χ1) is 12.3. The van der Waals surface area contributed by atoms with Gasteiger partial charge in [-0.05, 0) is 32.0 Å². The fourth-order valence-electron chi connectivity index (χ4n) is 3.62. The van der Waals surface area contributed by atoms with Gasteiger partial charge in [-0.25, -0.2) is 14.2 Å². The van der Waals surface area contributed by atoms with E-state index < -0.39 is 5.54 Å². The third-order valence-corrected chi connectivity index (χ3v) is 6.01. The molecule has 0 spiro atoms. The molecule has 26 heavy (non-hydrogen) atoms. The van der Waals surface area contributed by atoms with Crippen LogP contribution in [-0.2, 0) is 19.6 Å². The predicted octanol–water partition coefficient (Wildman–Crippen LogP) is 4.66. The summed E-state index contributed by atoms with van der Waals surface area (Å²) in [5, 5.41) is 0. The number of hydrogen-bond acceptors (Lipinski definition) is 3. The van der Waals surface area contributed by atoms with E-state index in [1.165, 1.54) is 45.8 Å². The summed E-state index contributed by atoms with van der Waals surface area (Å²) in [5.41, 5.74) is -1.03. The summed E-state index contributed by atoms with van der Waals surface area (Å²) in [6, 6.07) is 0. The lowest BCUT2D eigenvalue weighted by Crippen LogP contribution is -2.53. The number of unbranched alkanes of at least 4 members (excludes halogenated alkanes) is 7. The van der Waals surface area contributed by atoms with Crippen molar-refractivity contribution in [3.63, 3.8) is 0 Å². The summed E-state index contributed by atoms with van der Waals surface area (Å²) in [4.78, 5) is 25.8. The topological polar surface area (TPSA) is 48.9 Å². The van der Waals surface area contributed by atoms with Gasteiger partial charge in [0.2, 0.25) is 0 Å². The molecule has 0 aliphatic carbocycles. The lowest BCUT2D eigenvalue weighted by atomic mass is 9.87. The minimum atomic E-state index is -0.452. The Bertz CT molecular complexity index is 692. The Kier molecular flexibility index (Phi) is 9.55. The van der Waals surface area contributed by atoms with Crippen LogP contribution in [0.2, 0.25) is 0 Å². The van der Waals surface area contributed by atoms with Crippen molar-refractivity contribution in [2.24, 2.45) is 14.1 Å². The normalized spacial score (nSPS) is 13.7. The molecule has 0 fully saturated rings. The van der Waals surface area contributed by atoms with E-state index in [-0.39, 0.29) is 16.2 Å². The Balaban J connectivity index is 3.17. The zero-order valence-electron chi connectivity index (χ0n) is 17.3. The molecule has 0 N–H and O–H groups in total. The Morgan fingerprint density at radius 1 is 0.769 bits per heavy atom. The first-order valence-corrected chi connectivity index (χ1v) is 10.6. The van der Waals surface area contributed by atoms with Crippen LogP contribution in [0.4, 0.5) is 0 Å². The standard InChI is InChI=1S/C20H37N3O2S/c1-6-8-10-12-14-16-20(3,15-13-11-9-7-2)23-17(24)21(4)19(26)22(5)18(23)25/h6-16H2,1-5H3. The van der Waals surface area contributed by atoms with Crippen molar-refractivity contribution in [3.8, 4) is 0 Å². The Labute approximate surface area is 163 Å². The summed E-state index contributed by atoms with van der Waals surface area (Å²) >= 11 is 5.22. The van der Waals surface area contributed by atoms with Crippen LogP contribution in [0.25, 0.3) is 0 Å². The van der Waals surface area contributed by atoms with Crippen molar-refractivity contribution in [3.05, 3.63) is 25.7 Å². The molecule has 0 saturated heterocycles. The van der Waals surface area contributed by atoms with Crippen LogP contribution in [0.1, 0.15) is 91.4 Å². The van der Waals surface area contributed by atoms with E-state index in [0.717, 1.165) is 38.5 Å². The van der Waals surface area contributed by atoms with E-state index in [0.29, 0.717) is 0 Å². The lowest BCUT2D eigenvalue weighted by molar-refractivity contribution is 0.221. The highest BCUT2D eigenvalue weighted by Crippen LogP contribution is 2.28. The third-order valence-electron chi connectivity index (χ3n) is 5.46. The van der Waals surface area contributed by atoms with Crippen molar-refractivity contribution in [2.75, 3.05) is 0 Å². The molecule has 150 valence electrons. The van der Waals surface area contributed by atoms with Gasteiger partial charge in [0.1, 0.15) is 0 Å². The van der Waals surface area contributed by atoms with Crippen LogP contribution in [0.3, 0.4) is 0 Å². The molecule has 1 atom stereocenters. The zero-order valence-corrected chi connectivity index (χ0v) is 18.2. The summed E-state index contributed by atoms with van der Waals surface area (Å²) < 4.78 is 4.57. The Hall–Kier alpha value is -1.17. The highest BCUT2D eigenvalue weighted by atomic mass is 32.1. The highest BCUT2D eigenvalue weighted by molar-refractivity contribution is 7.71. The van der Waals surface area contributed by atoms with Gasteiger partial charge in [-0.3, -0.25) is 9.13 Å². The number of aromatic nitrogens is 3. The van der Waals surface area contributed by atoms with E-state index in [1.807, 2.05) is 0 Å². The van der Waals surface area contributed by atoms with Gasteiger partial charge < -0.3 is 0 Å². The first kappa shape index (κ1) is 22.9. The molecule has 0 amide bonds. The van der Waals surface area contributed by atoms with Crippen molar-refractivity contribution < 1.29 is 0 Å². The maximum atomic E-state index is 12.9. The van der Waals surface area contributed by atoms with E-state index in [9.17, 15) is 9.59 Å². The van der Waals surface area contributed by atoms with Gasteiger partial charge >= 0.3 is 11.4 Å².